The molecule has 1 fully saturated rings. The largest absolute Gasteiger partial charge is 0.353 e. The van der Waals surface area contributed by atoms with Crippen molar-refractivity contribution in [1.29, 1.82) is 0 Å². The maximum Gasteiger partial charge on any atom is 0.318 e. The molecule has 1 aliphatic rings. The fourth-order valence-electron chi connectivity index (χ4n) is 3.64. The summed E-state index contributed by atoms with van der Waals surface area (Å²) >= 11 is 0. The van der Waals surface area contributed by atoms with Gasteiger partial charge in [-0.05, 0) is 56.7 Å². The number of rotatable bonds is 7. The highest BCUT2D eigenvalue weighted by atomic mass is 19.1. The summed E-state index contributed by atoms with van der Waals surface area (Å²) in [5.74, 6) is 0.357. The molecule has 0 aliphatic carbocycles. The van der Waals surface area contributed by atoms with Crippen LogP contribution in [0.3, 0.4) is 0 Å². The molecule has 1 aromatic heterocycles. The third-order valence-corrected chi connectivity index (χ3v) is 5.34. The van der Waals surface area contributed by atoms with E-state index < -0.39 is 0 Å². The number of benzene rings is 1. The van der Waals surface area contributed by atoms with Gasteiger partial charge in [0.25, 0.3) is 0 Å². The van der Waals surface area contributed by atoms with Crippen molar-refractivity contribution < 1.29 is 14.0 Å². The van der Waals surface area contributed by atoms with E-state index >= 15 is 0 Å². The van der Waals surface area contributed by atoms with Gasteiger partial charge in [0.1, 0.15) is 12.4 Å². The van der Waals surface area contributed by atoms with Crippen LogP contribution < -0.4 is 10.2 Å². The first-order valence-corrected chi connectivity index (χ1v) is 11.2. The number of nitrogens with zero attached hydrogens (tertiary/aromatic N) is 5. The second-order valence-corrected chi connectivity index (χ2v) is 8.28. The number of aromatic nitrogens is 2. The van der Waals surface area contributed by atoms with Crippen molar-refractivity contribution in [2.45, 2.75) is 26.3 Å². The van der Waals surface area contributed by atoms with Crippen LogP contribution in [-0.2, 0) is 4.79 Å². The standard InChI is InChI=1S/C24H31FN6O2/c1-4-12-31(24(33)26-18(2)3)17-23(32)30-14-5-13-29(15-16-30)22-11-10-21(27-28-22)19-6-8-20(25)9-7-19/h4,6-11,18H,1,5,12-17H2,2-3H3,(H,26,33). The summed E-state index contributed by atoms with van der Waals surface area (Å²) in [5.41, 5.74) is 1.47. The number of carbonyl (C=O) groups is 2. The molecule has 0 unspecified atom stereocenters. The summed E-state index contributed by atoms with van der Waals surface area (Å²) in [6, 6.07) is 9.61. The predicted molar refractivity (Wildman–Crippen MR) is 126 cm³/mol. The fourth-order valence-corrected chi connectivity index (χ4v) is 3.64. The third kappa shape index (κ3) is 6.74. The Labute approximate surface area is 194 Å². The first-order chi connectivity index (χ1) is 15.9. The molecule has 0 saturated carbocycles. The Morgan fingerprint density at radius 3 is 2.52 bits per heavy atom. The molecule has 33 heavy (non-hydrogen) atoms. The number of urea groups is 1. The van der Waals surface area contributed by atoms with Gasteiger partial charge in [-0.25, -0.2) is 9.18 Å². The number of amides is 3. The van der Waals surface area contributed by atoms with Crippen LogP contribution >= 0.6 is 0 Å². The minimum atomic E-state index is -0.292. The zero-order chi connectivity index (χ0) is 23.8. The van der Waals surface area contributed by atoms with Crippen molar-refractivity contribution in [2.24, 2.45) is 0 Å². The summed E-state index contributed by atoms with van der Waals surface area (Å²) in [4.78, 5) is 30.6. The molecule has 0 radical (unpaired) electrons. The maximum atomic E-state index is 13.1. The summed E-state index contributed by atoms with van der Waals surface area (Å²) < 4.78 is 13.1. The number of carbonyl (C=O) groups excluding carboxylic acids is 2. The Hall–Kier alpha value is -3.49. The lowest BCUT2D eigenvalue weighted by Gasteiger charge is -2.27. The van der Waals surface area contributed by atoms with E-state index in [9.17, 15) is 14.0 Å². The summed E-state index contributed by atoms with van der Waals surface area (Å²) in [7, 11) is 0. The van der Waals surface area contributed by atoms with E-state index in [1.54, 1.807) is 23.1 Å². The molecule has 9 heteroatoms. The van der Waals surface area contributed by atoms with Gasteiger partial charge in [0, 0.05) is 44.3 Å². The predicted octanol–water partition coefficient (Wildman–Crippen LogP) is 2.93. The van der Waals surface area contributed by atoms with Gasteiger partial charge in [-0.1, -0.05) is 6.08 Å². The van der Waals surface area contributed by atoms with Gasteiger partial charge in [0.15, 0.2) is 5.82 Å². The monoisotopic (exact) mass is 454 g/mol. The molecule has 2 aromatic rings. The van der Waals surface area contributed by atoms with Gasteiger partial charge in [-0.3, -0.25) is 4.79 Å². The van der Waals surface area contributed by atoms with Gasteiger partial charge in [0.2, 0.25) is 5.91 Å². The van der Waals surface area contributed by atoms with Crippen LogP contribution in [-0.4, -0.2) is 77.2 Å². The Morgan fingerprint density at radius 2 is 1.88 bits per heavy atom. The van der Waals surface area contributed by atoms with Crippen molar-refractivity contribution in [2.75, 3.05) is 44.2 Å². The summed E-state index contributed by atoms with van der Waals surface area (Å²) in [6.07, 6.45) is 2.40. The number of halogens is 1. The second-order valence-electron chi connectivity index (χ2n) is 8.28. The van der Waals surface area contributed by atoms with Crippen LogP contribution in [0.4, 0.5) is 15.0 Å². The topological polar surface area (TPSA) is 81.7 Å². The van der Waals surface area contributed by atoms with E-state index in [0.717, 1.165) is 24.3 Å². The average molecular weight is 455 g/mol. The minimum absolute atomic E-state index is 0.0107. The van der Waals surface area contributed by atoms with E-state index in [4.69, 9.17) is 0 Å². The third-order valence-electron chi connectivity index (χ3n) is 5.34. The molecule has 0 atom stereocenters. The van der Waals surface area contributed by atoms with E-state index in [-0.39, 0.29) is 30.3 Å². The molecule has 2 heterocycles. The van der Waals surface area contributed by atoms with Crippen molar-refractivity contribution in [3.8, 4) is 11.3 Å². The lowest BCUT2D eigenvalue weighted by molar-refractivity contribution is -0.131. The molecule has 3 rings (SSSR count). The molecular weight excluding hydrogens is 423 g/mol. The molecule has 8 nitrogen and oxygen atoms in total. The molecule has 1 aromatic carbocycles. The highest BCUT2D eigenvalue weighted by Crippen LogP contribution is 2.20. The molecule has 3 amide bonds. The molecule has 0 spiro atoms. The van der Waals surface area contributed by atoms with Crippen molar-refractivity contribution in [1.82, 2.24) is 25.3 Å². The van der Waals surface area contributed by atoms with E-state index in [1.807, 2.05) is 26.0 Å². The van der Waals surface area contributed by atoms with E-state index in [1.165, 1.54) is 17.0 Å². The Balaban J connectivity index is 1.59. The first kappa shape index (κ1) is 24.2. The number of hydrogen-bond donors (Lipinski definition) is 1. The van der Waals surface area contributed by atoms with E-state index in [2.05, 4.69) is 27.0 Å². The fraction of sp³-hybridized carbons (Fsp3) is 0.417. The number of anilines is 1. The normalized spacial score (nSPS) is 14.1. The summed E-state index contributed by atoms with van der Waals surface area (Å²) in [5, 5.41) is 11.5. The Bertz CT molecular complexity index is 948. The van der Waals surface area contributed by atoms with Crippen LogP contribution in [0.2, 0.25) is 0 Å². The van der Waals surface area contributed by atoms with Gasteiger partial charge in [0.05, 0.1) is 5.69 Å². The lowest BCUT2D eigenvalue weighted by Crippen LogP contribution is -2.48. The first-order valence-electron chi connectivity index (χ1n) is 11.2. The van der Waals surface area contributed by atoms with Crippen LogP contribution in [0.5, 0.6) is 0 Å². The lowest BCUT2D eigenvalue weighted by atomic mass is 10.1. The molecule has 176 valence electrons. The molecular formula is C24H31FN6O2. The van der Waals surface area contributed by atoms with Crippen molar-refractivity contribution >= 4 is 17.8 Å². The quantitative estimate of drug-likeness (QED) is 0.651. The molecule has 1 saturated heterocycles. The van der Waals surface area contributed by atoms with Crippen LogP contribution in [0, 0.1) is 5.82 Å². The zero-order valence-corrected chi connectivity index (χ0v) is 19.2. The van der Waals surface area contributed by atoms with Crippen molar-refractivity contribution in [3.63, 3.8) is 0 Å². The smallest absolute Gasteiger partial charge is 0.318 e. The van der Waals surface area contributed by atoms with Gasteiger partial charge >= 0.3 is 6.03 Å². The maximum absolute atomic E-state index is 13.1. The number of hydrogen-bond acceptors (Lipinski definition) is 5. The molecule has 1 N–H and O–H groups in total. The Kier molecular flexibility index (Phi) is 8.34. The van der Waals surface area contributed by atoms with Gasteiger partial charge in [-0.15, -0.1) is 16.8 Å². The molecule has 1 aliphatic heterocycles. The highest BCUT2D eigenvalue weighted by molar-refractivity contribution is 5.84. The second kappa shape index (κ2) is 11.4. The van der Waals surface area contributed by atoms with Crippen LogP contribution in [0.15, 0.2) is 49.1 Å². The van der Waals surface area contributed by atoms with Crippen LogP contribution in [0.25, 0.3) is 11.3 Å². The number of nitrogens with one attached hydrogen (secondary N) is 1. The van der Waals surface area contributed by atoms with Gasteiger partial charge in [-0.2, -0.15) is 0 Å². The minimum Gasteiger partial charge on any atom is -0.353 e. The Morgan fingerprint density at radius 1 is 1.12 bits per heavy atom. The van der Waals surface area contributed by atoms with Crippen molar-refractivity contribution in [3.05, 3.63) is 54.9 Å². The van der Waals surface area contributed by atoms with Gasteiger partial charge < -0.3 is 20.0 Å². The van der Waals surface area contributed by atoms with Crippen LogP contribution in [0.1, 0.15) is 20.3 Å². The molecule has 0 bridgehead atoms. The van der Waals surface area contributed by atoms with E-state index in [0.29, 0.717) is 31.9 Å². The highest BCUT2D eigenvalue weighted by Gasteiger charge is 2.24. The SMILES string of the molecule is C=CCN(CC(=O)N1CCCN(c2ccc(-c3ccc(F)cc3)nn2)CC1)C(=O)NC(C)C. The zero-order valence-electron chi connectivity index (χ0n) is 19.2. The average Bonchev–Trinajstić information content (AvgIpc) is 3.05. The summed E-state index contributed by atoms with van der Waals surface area (Å²) in [6.45, 7) is 10.3.